The van der Waals surface area contributed by atoms with Crippen molar-refractivity contribution in [2.24, 2.45) is 0 Å². The summed E-state index contributed by atoms with van der Waals surface area (Å²) in [7, 11) is -0.927. The van der Waals surface area contributed by atoms with Crippen molar-refractivity contribution in [3.8, 4) is 0 Å². The van der Waals surface area contributed by atoms with Crippen LogP contribution in [0.5, 0.6) is 0 Å². The van der Waals surface area contributed by atoms with Gasteiger partial charge in [0.2, 0.25) is 0 Å². The first kappa shape index (κ1) is 10.5. The standard InChI is InChI=1S/C6H13Si.2CH3.Al/c1-5-6-7(2,3)4;;;/h5H,1-4H3;2*1H3;. The van der Waals surface area contributed by atoms with Crippen molar-refractivity contribution < 1.29 is 0 Å². The summed E-state index contributed by atoms with van der Waals surface area (Å²) in [5.74, 6) is 4.85. The summed E-state index contributed by atoms with van der Waals surface area (Å²) in [5, 5.41) is 0. The van der Waals surface area contributed by atoms with E-state index in [1.165, 1.54) is 0 Å². The molecule has 0 N–H and O–H groups in total. The smallest absolute Gasteiger partial charge is 0.145 e. The lowest BCUT2D eigenvalue weighted by molar-refractivity contribution is 1.63. The van der Waals surface area contributed by atoms with Crippen LogP contribution in [0.25, 0.3) is 0 Å². The molecule has 0 spiro atoms. The minimum atomic E-state index is -0.927. The van der Waals surface area contributed by atoms with Crippen molar-refractivity contribution in [3.05, 3.63) is 10.1 Å². The Balaban J connectivity index is 4.40. The van der Waals surface area contributed by atoms with Gasteiger partial charge in [0.15, 0.2) is 0 Å². The molecule has 0 heterocycles. The Morgan fingerprint density at radius 2 is 1.60 bits per heavy atom. The Bertz CT molecular complexity index is 131. The molecule has 0 saturated heterocycles. The van der Waals surface area contributed by atoms with Crippen molar-refractivity contribution in [1.29, 1.82) is 0 Å². The molecule has 0 aromatic rings. The topological polar surface area (TPSA) is 0 Å². The quantitative estimate of drug-likeness (QED) is 0.559. The van der Waals surface area contributed by atoms with Crippen LogP contribution in [0.3, 0.4) is 0 Å². The van der Waals surface area contributed by atoms with Crippen LogP contribution in [0.2, 0.25) is 31.2 Å². The molecule has 0 unspecified atom stereocenters. The van der Waals surface area contributed by atoms with E-state index >= 15 is 0 Å². The predicted octanol–water partition coefficient (Wildman–Crippen LogP) is 3.10. The Kier molecular flexibility index (Phi) is 3.94. The fourth-order valence-corrected chi connectivity index (χ4v) is 10.1. The third-order valence-corrected chi connectivity index (χ3v) is 9.73. The molecule has 0 aliphatic heterocycles. The SMILES string of the molecule is C/C=[C](\[Al]([CH3])[CH3])[Si](C)(C)C. The van der Waals surface area contributed by atoms with E-state index in [2.05, 4.69) is 44.2 Å². The Hall–Kier alpha value is 0.489. The van der Waals surface area contributed by atoms with Crippen molar-refractivity contribution in [1.82, 2.24) is 0 Å². The summed E-state index contributed by atoms with van der Waals surface area (Å²) in [5.41, 5.74) is 0. The maximum absolute atomic E-state index is 2.44. The van der Waals surface area contributed by atoms with Gasteiger partial charge in [-0.05, 0) is 6.92 Å². The summed E-state index contributed by atoms with van der Waals surface area (Å²) in [4.78, 5) is 0. The predicted molar refractivity (Wildman–Crippen MR) is 54.6 cm³/mol. The maximum atomic E-state index is 2.44. The van der Waals surface area contributed by atoms with Gasteiger partial charge in [-0.2, -0.15) is 0 Å². The van der Waals surface area contributed by atoms with E-state index in [1.807, 2.05) is 4.06 Å². The molecule has 0 fully saturated rings. The lowest BCUT2D eigenvalue weighted by Crippen LogP contribution is -2.31. The van der Waals surface area contributed by atoms with E-state index in [1.54, 1.807) is 0 Å². The summed E-state index contributed by atoms with van der Waals surface area (Å²) >= 11 is -0.488. The fourth-order valence-electron chi connectivity index (χ4n) is 1.63. The van der Waals surface area contributed by atoms with Crippen LogP contribution in [0, 0.1) is 0 Å². The molecule has 0 bridgehead atoms. The van der Waals surface area contributed by atoms with Gasteiger partial charge in [-0.3, -0.25) is 0 Å². The number of hydrogen-bond donors (Lipinski definition) is 0. The second kappa shape index (κ2) is 3.76. The van der Waals surface area contributed by atoms with Crippen molar-refractivity contribution in [2.75, 3.05) is 0 Å². The molecule has 0 aromatic heterocycles. The average Bonchev–Trinajstić information content (AvgIpc) is 1.60. The molecule has 0 saturated carbocycles. The molecule has 10 heavy (non-hydrogen) atoms. The zero-order valence-electron chi connectivity index (χ0n) is 8.15. The van der Waals surface area contributed by atoms with E-state index in [0.717, 1.165) is 0 Å². The molecule has 0 amide bonds. The van der Waals surface area contributed by atoms with Gasteiger partial charge in [0, 0.05) is 0 Å². The van der Waals surface area contributed by atoms with Crippen molar-refractivity contribution in [2.45, 2.75) is 38.1 Å². The second-order valence-electron chi connectivity index (χ2n) is 4.15. The molecule has 0 aromatic carbocycles. The monoisotopic (exact) mass is 170 g/mol. The van der Waals surface area contributed by atoms with Crippen LogP contribution in [0.15, 0.2) is 10.1 Å². The third-order valence-electron chi connectivity index (χ3n) is 1.80. The zero-order valence-corrected chi connectivity index (χ0v) is 10.3. The Morgan fingerprint density at radius 1 is 1.20 bits per heavy atom. The molecular weight excluding hydrogens is 151 g/mol. The van der Waals surface area contributed by atoms with Crippen LogP contribution >= 0.6 is 0 Å². The molecule has 0 atom stereocenters. The largest absolute Gasteiger partial charge is 0.287 e. The Labute approximate surface area is 70.7 Å². The van der Waals surface area contributed by atoms with Crippen molar-refractivity contribution in [3.63, 3.8) is 0 Å². The van der Waals surface area contributed by atoms with Crippen LogP contribution in [0.1, 0.15) is 6.92 Å². The highest BCUT2D eigenvalue weighted by molar-refractivity contribution is 6.97. The molecule has 0 nitrogen and oxygen atoms in total. The molecule has 0 radical (unpaired) electrons. The molecule has 0 aliphatic carbocycles. The van der Waals surface area contributed by atoms with Crippen LogP contribution in [-0.4, -0.2) is 22.2 Å². The minimum absolute atomic E-state index is 0.488. The lowest BCUT2D eigenvalue weighted by Gasteiger charge is -2.22. The molecule has 0 aliphatic rings. The molecular formula is C8H19AlSi. The van der Waals surface area contributed by atoms with Gasteiger partial charge in [0.05, 0.1) is 8.07 Å². The first-order valence-electron chi connectivity index (χ1n) is 4.06. The van der Waals surface area contributed by atoms with E-state index in [9.17, 15) is 0 Å². The fraction of sp³-hybridized carbons (Fsp3) is 0.750. The summed E-state index contributed by atoms with van der Waals surface area (Å²) in [6, 6.07) is 0. The molecule has 0 rings (SSSR count). The highest BCUT2D eigenvalue weighted by Crippen LogP contribution is 2.16. The van der Waals surface area contributed by atoms with Crippen LogP contribution in [-0.2, 0) is 0 Å². The van der Waals surface area contributed by atoms with Gasteiger partial charge in [-0.15, -0.1) is 21.7 Å². The van der Waals surface area contributed by atoms with Gasteiger partial charge < -0.3 is 0 Å². The summed E-state index contributed by atoms with van der Waals surface area (Å²) < 4.78 is 1.83. The van der Waals surface area contributed by atoms with Crippen molar-refractivity contribution >= 4 is 22.2 Å². The van der Waals surface area contributed by atoms with E-state index < -0.39 is 22.2 Å². The van der Waals surface area contributed by atoms with E-state index in [4.69, 9.17) is 0 Å². The minimum Gasteiger partial charge on any atom is -0.145 e. The lowest BCUT2D eigenvalue weighted by atomic mass is 10.8. The number of rotatable bonds is 2. The third kappa shape index (κ3) is 3.05. The first-order valence-corrected chi connectivity index (χ1v) is 10.4. The van der Waals surface area contributed by atoms with Crippen LogP contribution in [0.4, 0.5) is 0 Å². The molecule has 58 valence electrons. The maximum Gasteiger partial charge on any atom is 0.287 e. The second-order valence-corrected chi connectivity index (χ2v) is 12.7. The van der Waals surface area contributed by atoms with Gasteiger partial charge in [-0.1, -0.05) is 19.6 Å². The number of allylic oxidation sites excluding steroid dienone is 1. The first-order chi connectivity index (χ1) is 4.39. The van der Waals surface area contributed by atoms with Crippen LogP contribution < -0.4 is 0 Å². The number of hydrogen-bond acceptors (Lipinski definition) is 0. The Morgan fingerprint density at radius 3 is 1.60 bits per heavy atom. The van der Waals surface area contributed by atoms with E-state index in [-0.39, 0.29) is 0 Å². The van der Waals surface area contributed by atoms with Gasteiger partial charge in [0.25, 0.3) is 14.1 Å². The van der Waals surface area contributed by atoms with Gasteiger partial charge >= 0.3 is 0 Å². The van der Waals surface area contributed by atoms with Gasteiger partial charge in [0.1, 0.15) is 0 Å². The van der Waals surface area contributed by atoms with E-state index in [0.29, 0.717) is 0 Å². The van der Waals surface area contributed by atoms with Gasteiger partial charge in [-0.25, -0.2) is 0 Å². The average molecular weight is 170 g/mol. The highest BCUT2D eigenvalue weighted by atomic mass is 28.3. The molecule has 2 heteroatoms. The summed E-state index contributed by atoms with van der Waals surface area (Å²) in [6.45, 7) is 9.51. The summed E-state index contributed by atoms with van der Waals surface area (Å²) in [6.07, 6.45) is 2.36. The zero-order chi connectivity index (χ0) is 8.36. The normalized spacial score (nSPS) is 13.6. The highest BCUT2D eigenvalue weighted by Gasteiger charge is 2.23.